The second-order valence-electron chi connectivity index (χ2n) is 11.7. The van der Waals surface area contributed by atoms with Gasteiger partial charge in [-0.25, -0.2) is 0 Å². The molecular weight excluding hydrogens is 590 g/mol. The van der Waals surface area contributed by atoms with Crippen LogP contribution in [0.15, 0.2) is 30.4 Å². The van der Waals surface area contributed by atoms with Crippen LogP contribution in [0, 0.1) is 0 Å². The van der Waals surface area contributed by atoms with Crippen molar-refractivity contribution in [2.75, 3.05) is 33.5 Å². The third kappa shape index (κ3) is 5.23. The highest BCUT2D eigenvalue weighted by atomic mass is 16.7. The van der Waals surface area contributed by atoms with E-state index in [9.17, 15) is 34.8 Å². The number of hydrogen-bond donors (Lipinski definition) is 5. The van der Waals surface area contributed by atoms with E-state index in [1.165, 1.54) is 25.3 Å². The molecule has 0 spiro atoms. The van der Waals surface area contributed by atoms with Gasteiger partial charge in [-0.05, 0) is 18.6 Å². The van der Waals surface area contributed by atoms with Crippen molar-refractivity contribution in [3.8, 4) is 17.2 Å². The number of hydrogen-bond acceptors (Lipinski definition) is 13. The van der Waals surface area contributed by atoms with E-state index in [1.54, 1.807) is 6.92 Å². The molecule has 13 nitrogen and oxygen atoms in total. The summed E-state index contributed by atoms with van der Waals surface area (Å²) in [4.78, 5) is 40.2. The van der Waals surface area contributed by atoms with Gasteiger partial charge in [-0.3, -0.25) is 19.7 Å². The van der Waals surface area contributed by atoms with Crippen molar-refractivity contribution in [2.45, 2.75) is 62.6 Å². The number of morpholine rings is 1. The number of aliphatic hydroxyl groups excluding tert-OH is 1. The van der Waals surface area contributed by atoms with Gasteiger partial charge in [0.1, 0.15) is 41.8 Å². The molecule has 0 radical (unpaired) electrons. The van der Waals surface area contributed by atoms with E-state index in [0.717, 1.165) is 0 Å². The predicted molar refractivity (Wildman–Crippen MR) is 154 cm³/mol. The Morgan fingerprint density at radius 2 is 1.89 bits per heavy atom. The van der Waals surface area contributed by atoms with Gasteiger partial charge in [0, 0.05) is 42.5 Å². The summed E-state index contributed by atoms with van der Waals surface area (Å²) >= 11 is 0. The Hall–Kier alpha value is -3.69. The van der Waals surface area contributed by atoms with Crippen LogP contribution in [0.1, 0.15) is 68.8 Å². The Morgan fingerprint density at radius 3 is 2.56 bits per heavy atom. The molecule has 0 amide bonds. The Morgan fingerprint density at radius 1 is 1.13 bits per heavy atom. The standard InChI is InChI=1S/C32H35NO12/c1-14-9-22(43-15(2)31(14)45-21-13-42-8-7-33-21)44-19-11-32(40,20(35)12-34)10-17-24(19)30(39)26-25(28(17)37)27(36)16-5-4-6-18(41-3)23(16)29(26)38/h4-6,15,19,21-22,31,33-34,37,39-40H,1,7-13H2,2-3H3/t15-,19-,21+,22-,31-,32-/m0/s1. The highest BCUT2D eigenvalue weighted by Gasteiger charge is 2.50. The maximum absolute atomic E-state index is 13.8. The number of aromatic hydroxyl groups is 2. The largest absolute Gasteiger partial charge is 0.507 e. The van der Waals surface area contributed by atoms with Gasteiger partial charge in [0.15, 0.2) is 17.9 Å². The molecule has 13 heteroatoms. The highest BCUT2D eigenvalue weighted by Crippen LogP contribution is 2.52. The molecule has 240 valence electrons. The number of rotatable bonds is 7. The average molecular weight is 626 g/mol. The van der Waals surface area contributed by atoms with Crippen molar-refractivity contribution in [3.05, 3.63) is 63.7 Å². The molecular formula is C32H35NO12. The van der Waals surface area contributed by atoms with E-state index in [2.05, 4.69) is 11.9 Å². The summed E-state index contributed by atoms with van der Waals surface area (Å²) in [6.45, 7) is 6.47. The molecule has 2 saturated heterocycles. The number of fused-ring (bicyclic) bond motifs is 3. The molecule has 2 aliphatic heterocycles. The number of phenolic OH excluding ortho intramolecular Hbond substituents is 2. The maximum Gasteiger partial charge on any atom is 0.202 e. The minimum absolute atomic E-state index is 0.0401. The van der Waals surface area contributed by atoms with Crippen LogP contribution in [-0.4, -0.2) is 102 Å². The summed E-state index contributed by atoms with van der Waals surface area (Å²) in [7, 11) is 1.34. The van der Waals surface area contributed by atoms with E-state index >= 15 is 0 Å². The van der Waals surface area contributed by atoms with Crippen LogP contribution in [0.3, 0.4) is 0 Å². The molecule has 4 aliphatic rings. The number of aliphatic hydroxyl groups is 2. The van der Waals surface area contributed by atoms with Gasteiger partial charge in [-0.15, -0.1) is 0 Å². The first-order valence-corrected chi connectivity index (χ1v) is 14.7. The lowest BCUT2D eigenvalue weighted by molar-refractivity contribution is -0.243. The molecule has 0 bridgehead atoms. The predicted octanol–water partition coefficient (Wildman–Crippen LogP) is 1.20. The van der Waals surface area contributed by atoms with Gasteiger partial charge in [-0.1, -0.05) is 18.7 Å². The number of nitrogens with one attached hydrogen (secondary N) is 1. The first kappa shape index (κ1) is 31.3. The first-order chi connectivity index (χ1) is 21.5. The maximum atomic E-state index is 13.8. The highest BCUT2D eigenvalue weighted by molar-refractivity contribution is 6.31. The lowest BCUT2D eigenvalue weighted by Crippen LogP contribution is -2.50. The second kappa shape index (κ2) is 11.9. The fraction of sp³-hybridized carbons (Fsp3) is 0.469. The van der Waals surface area contributed by atoms with Crippen molar-refractivity contribution < 1.29 is 58.5 Å². The van der Waals surface area contributed by atoms with Gasteiger partial charge < -0.3 is 44.1 Å². The van der Waals surface area contributed by atoms with Crippen molar-refractivity contribution >= 4 is 17.3 Å². The van der Waals surface area contributed by atoms with Gasteiger partial charge in [0.05, 0.1) is 49.2 Å². The van der Waals surface area contributed by atoms with E-state index in [-0.39, 0.29) is 40.7 Å². The topological polar surface area (TPSA) is 190 Å². The van der Waals surface area contributed by atoms with Crippen molar-refractivity contribution in [3.63, 3.8) is 0 Å². The normalized spacial score (nSPS) is 29.5. The smallest absolute Gasteiger partial charge is 0.202 e. The lowest BCUT2D eigenvalue weighted by Gasteiger charge is -2.42. The number of phenols is 2. The van der Waals surface area contributed by atoms with Crippen molar-refractivity contribution in [1.82, 2.24) is 5.32 Å². The number of carbonyl (C=O) groups excluding carboxylic acids is 3. The van der Waals surface area contributed by atoms with Crippen LogP contribution in [-0.2, 0) is 30.2 Å². The van der Waals surface area contributed by atoms with Crippen molar-refractivity contribution in [1.29, 1.82) is 0 Å². The summed E-state index contributed by atoms with van der Waals surface area (Å²) in [6.07, 6.45) is -4.58. The third-order valence-electron chi connectivity index (χ3n) is 8.88. The van der Waals surface area contributed by atoms with Crippen LogP contribution in [0.25, 0.3) is 0 Å². The average Bonchev–Trinajstić information content (AvgIpc) is 3.02. The zero-order valence-electron chi connectivity index (χ0n) is 24.8. The molecule has 0 aromatic heterocycles. The van der Waals surface area contributed by atoms with E-state index in [1.807, 2.05) is 0 Å². The summed E-state index contributed by atoms with van der Waals surface area (Å²) in [5.74, 6) is -3.66. The Labute approximate surface area is 258 Å². The summed E-state index contributed by atoms with van der Waals surface area (Å²) in [6, 6.07) is 4.41. The SMILES string of the molecule is C=C1C[C@H](O[C@H]2C[C@](O)(C(=O)CO)Cc3c(O)c4c(c(O)c32)C(=O)c2c(OC)cccc2C4=O)O[C@@H](C)[C@H]1O[C@@H]1COCCN1. The molecule has 6 atom stereocenters. The fourth-order valence-corrected chi connectivity index (χ4v) is 6.69. The minimum Gasteiger partial charge on any atom is -0.507 e. The molecule has 2 fully saturated rings. The molecule has 2 heterocycles. The monoisotopic (exact) mass is 625 g/mol. The number of methoxy groups -OCH3 is 1. The lowest BCUT2D eigenvalue weighted by atomic mass is 9.72. The van der Waals surface area contributed by atoms with E-state index in [0.29, 0.717) is 25.3 Å². The molecule has 0 unspecified atom stereocenters. The first-order valence-electron chi connectivity index (χ1n) is 14.7. The van der Waals surface area contributed by atoms with Crippen LogP contribution in [0.2, 0.25) is 0 Å². The van der Waals surface area contributed by atoms with Crippen LogP contribution in [0.5, 0.6) is 17.2 Å². The Bertz CT molecular complexity index is 1580. The van der Waals surface area contributed by atoms with Crippen LogP contribution < -0.4 is 10.1 Å². The zero-order chi connectivity index (χ0) is 32.2. The molecule has 6 rings (SSSR count). The molecule has 5 N–H and O–H groups in total. The number of Topliss-reactive ketones (excluding diaryl/α,β-unsaturated/α-hetero) is 1. The van der Waals surface area contributed by atoms with E-state index in [4.69, 9.17) is 23.7 Å². The molecule has 2 aromatic carbocycles. The molecule has 45 heavy (non-hydrogen) atoms. The number of ether oxygens (including phenoxy) is 5. The van der Waals surface area contributed by atoms with Crippen LogP contribution >= 0.6 is 0 Å². The molecule has 2 aliphatic carbocycles. The summed E-state index contributed by atoms with van der Waals surface area (Å²) in [5.41, 5.74) is -2.85. The Kier molecular flexibility index (Phi) is 8.29. The molecule has 0 saturated carbocycles. The van der Waals surface area contributed by atoms with Gasteiger partial charge >= 0.3 is 0 Å². The summed E-state index contributed by atoms with van der Waals surface area (Å²) < 4.78 is 29.3. The van der Waals surface area contributed by atoms with Gasteiger partial charge in [0.2, 0.25) is 5.78 Å². The molecule has 2 aromatic rings. The number of ketones is 3. The minimum atomic E-state index is -2.23. The van der Waals surface area contributed by atoms with Crippen molar-refractivity contribution in [2.24, 2.45) is 0 Å². The number of benzene rings is 2. The summed E-state index contributed by atoms with van der Waals surface area (Å²) in [5, 5.41) is 47.5. The number of carbonyl (C=O) groups is 3. The fourth-order valence-electron chi connectivity index (χ4n) is 6.69. The Balaban J connectivity index is 1.38. The van der Waals surface area contributed by atoms with Gasteiger partial charge in [0.25, 0.3) is 0 Å². The van der Waals surface area contributed by atoms with Crippen LogP contribution in [0.4, 0.5) is 0 Å². The quantitative estimate of drug-likeness (QED) is 0.186. The van der Waals surface area contributed by atoms with Gasteiger partial charge in [-0.2, -0.15) is 0 Å². The zero-order valence-corrected chi connectivity index (χ0v) is 24.8. The van der Waals surface area contributed by atoms with E-state index < -0.39 is 89.6 Å². The second-order valence-corrected chi connectivity index (χ2v) is 11.7. The third-order valence-corrected chi connectivity index (χ3v) is 8.88.